The van der Waals surface area contributed by atoms with Gasteiger partial charge in [-0.2, -0.15) is 12.6 Å². The van der Waals surface area contributed by atoms with Gasteiger partial charge in [0.15, 0.2) is 0 Å². The summed E-state index contributed by atoms with van der Waals surface area (Å²) in [5.41, 5.74) is 15.0. The van der Waals surface area contributed by atoms with Gasteiger partial charge in [-0.1, -0.05) is 83.4 Å². The summed E-state index contributed by atoms with van der Waals surface area (Å²) in [6, 6.07) is 27.8. The number of phenols is 2. The largest absolute Gasteiger partial charge is 0.507 e. The Kier molecular flexibility index (Phi) is 16.6. The summed E-state index contributed by atoms with van der Waals surface area (Å²) in [5, 5.41) is 21.4. The molecule has 0 saturated heterocycles. The summed E-state index contributed by atoms with van der Waals surface area (Å²) < 4.78 is 16.8. The molecule has 9 heteroatoms. The Morgan fingerprint density at radius 3 is 1.47 bits per heavy atom. The lowest BCUT2D eigenvalue weighted by Crippen LogP contribution is -2.14. The zero-order chi connectivity index (χ0) is 46.8. The Labute approximate surface area is 383 Å². The van der Waals surface area contributed by atoms with E-state index in [4.69, 9.17) is 14.2 Å². The van der Waals surface area contributed by atoms with Gasteiger partial charge in [-0.05, 0) is 167 Å². The number of carbonyl (C=O) groups excluding carboxylic acids is 3. The van der Waals surface area contributed by atoms with Gasteiger partial charge in [0.05, 0.1) is 11.1 Å². The first-order valence-corrected chi connectivity index (χ1v) is 22.1. The molecule has 334 valence electrons. The molecule has 0 aliphatic rings. The van der Waals surface area contributed by atoms with Crippen LogP contribution in [-0.4, -0.2) is 40.5 Å². The smallest absolute Gasteiger partial charge is 0.343 e. The van der Waals surface area contributed by atoms with Crippen molar-refractivity contribution in [3.8, 4) is 23.0 Å². The minimum atomic E-state index is -0.560. The van der Waals surface area contributed by atoms with Gasteiger partial charge in [0, 0.05) is 25.0 Å². The van der Waals surface area contributed by atoms with E-state index in [0.717, 1.165) is 67.6 Å². The zero-order valence-electron chi connectivity index (χ0n) is 38.7. The second-order valence-electron chi connectivity index (χ2n) is 16.8. The highest BCUT2D eigenvalue weighted by Gasteiger charge is 2.20. The molecule has 0 atom stereocenters. The van der Waals surface area contributed by atoms with Crippen molar-refractivity contribution < 1.29 is 38.8 Å². The van der Waals surface area contributed by atoms with Crippen LogP contribution in [0, 0.1) is 69.2 Å². The second kappa shape index (κ2) is 21.8. The number of hydrogen-bond acceptors (Lipinski definition) is 9. The van der Waals surface area contributed by atoms with Gasteiger partial charge < -0.3 is 24.4 Å². The van der Waals surface area contributed by atoms with E-state index in [0.29, 0.717) is 43.1 Å². The third kappa shape index (κ3) is 12.7. The molecule has 6 rings (SSSR count). The lowest BCUT2D eigenvalue weighted by Gasteiger charge is -2.16. The fourth-order valence-electron chi connectivity index (χ4n) is 7.89. The van der Waals surface area contributed by atoms with Crippen molar-refractivity contribution in [1.82, 2.24) is 0 Å². The second-order valence-corrected chi connectivity index (χ2v) is 17.3. The predicted molar refractivity (Wildman–Crippen MR) is 258 cm³/mol. The Morgan fingerprint density at radius 2 is 0.969 bits per heavy atom. The topological polar surface area (TPSA) is 119 Å². The number of para-hydroxylation sites is 1. The van der Waals surface area contributed by atoms with Gasteiger partial charge in [0.25, 0.3) is 0 Å². The van der Waals surface area contributed by atoms with Crippen molar-refractivity contribution in [2.24, 2.45) is 0 Å². The molecule has 0 aliphatic heterocycles. The Hall–Kier alpha value is -6.32. The first-order chi connectivity index (χ1) is 30.3. The van der Waals surface area contributed by atoms with E-state index in [2.05, 4.69) is 45.5 Å². The molecule has 0 unspecified atom stereocenters. The molecule has 64 heavy (non-hydrogen) atoms. The molecule has 2 N–H and O–H groups in total. The van der Waals surface area contributed by atoms with E-state index in [-0.39, 0.29) is 28.6 Å². The molecule has 0 saturated carbocycles. The van der Waals surface area contributed by atoms with Crippen LogP contribution in [0.3, 0.4) is 0 Å². The maximum Gasteiger partial charge on any atom is 0.343 e. The third-order valence-electron chi connectivity index (χ3n) is 11.3. The van der Waals surface area contributed by atoms with Crippen LogP contribution in [-0.2, 0) is 28.8 Å². The Balaban J connectivity index is 0.000000381. The minimum absolute atomic E-state index is 0.144. The van der Waals surface area contributed by atoms with Crippen molar-refractivity contribution in [2.75, 3.05) is 12.4 Å². The molecule has 8 nitrogen and oxygen atoms in total. The van der Waals surface area contributed by atoms with Crippen LogP contribution in [0.25, 0.3) is 0 Å². The van der Waals surface area contributed by atoms with Gasteiger partial charge in [0.2, 0.25) is 0 Å². The minimum Gasteiger partial charge on any atom is -0.507 e. The Morgan fingerprint density at radius 1 is 0.516 bits per heavy atom. The highest BCUT2D eigenvalue weighted by Crippen LogP contribution is 2.34. The lowest BCUT2D eigenvalue weighted by atomic mass is 9.96. The highest BCUT2D eigenvalue weighted by molar-refractivity contribution is 7.80. The van der Waals surface area contributed by atoms with Crippen LogP contribution in [0.15, 0.2) is 91.0 Å². The van der Waals surface area contributed by atoms with E-state index >= 15 is 0 Å². The molecule has 0 amide bonds. The molecule has 0 aliphatic carbocycles. The first-order valence-electron chi connectivity index (χ1n) is 21.5. The van der Waals surface area contributed by atoms with Crippen molar-refractivity contribution in [3.63, 3.8) is 0 Å². The maximum absolute atomic E-state index is 13.3. The number of esters is 3. The SMILES string of the molecule is Cc1cc(C)c(O)c(Cc2cccc(C)c2OC(=O)c2ccc(C(=O)Oc3c(C)cc(C)cc3Cc3cc(C)cc(C)c3O)cc2)c1.Cc1cc(CCC(=O)OCCS)cc(C)c1C. The number of rotatable bonds is 13. The number of aryl methyl sites for hydroxylation is 10. The van der Waals surface area contributed by atoms with Crippen LogP contribution < -0.4 is 9.47 Å². The number of thiol groups is 1. The van der Waals surface area contributed by atoms with Crippen molar-refractivity contribution in [1.29, 1.82) is 0 Å². The molecule has 0 spiro atoms. The zero-order valence-corrected chi connectivity index (χ0v) is 39.6. The van der Waals surface area contributed by atoms with E-state index in [1.807, 2.05) is 103 Å². The van der Waals surface area contributed by atoms with Gasteiger partial charge in [0.1, 0.15) is 29.6 Å². The quantitative estimate of drug-likeness (QED) is 0.0596. The molecule has 0 radical (unpaired) electrons. The summed E-state index contributed by atoms with van der Waals surface area (Å²) in [5.74, 6) is 0.668. The van der Waals surface area contributed by atoms with E-state index in [9.17, 15) is 24.6 Å². The van der Waals surface area contributed by atoms with Crippen molar-refractivity contribution in [3.05, 3.63) is 186 Å². The molecule has 6 aromatic rings. The summed E-state index contributed by atoms with van der Waals surface area (Å²) >= 11 is 3.99. The molecule has 0 fully saturated rings. The Bertz CT molecular complexity index is 2650. The number of ether oxygens (including phenoxy) is 3. The fourth-order valence-corrected chi connectivity index (χ4v) is 7.98. The standard InChI is InChI=1S/C41H40O6.C14H20O2S/c1-23-15-27(5)36(42)33(18-23)21-32-10-8-9-26(4)38(32)46-40(44)30-11-13-31(14-12-30)41(45)47-39-29(7)17-25(3)20-35(39)22-34-19-24(2)16-28(6)37(34)43;1-10-8-13(9-11(2)12(10)3)4-5-14(15)16-6-7-17/h8-20,42-43H,21-22H2,1-7H3;8-9,17H,4-7H2,1-3H3. The van der Waals surface area contributed by atoms with Gasteiger partial charge in [-0.3, -0.25) is 4.79 Å². The fraction of sp³-hybridized carbons (Fsp3) is 0.291. The monoisotopic (exact) mass is 880 g/mol. The van der Waals surface area contributed by atoms with Crippen LogP contribution in [0.2, 0.25) is 0 Å². The average molecular weight is 881 g/mol. The summed E-state index contributed by atoms with van der Waals surface area (Å²) in [6.45, 7) is 20.2. The van der Waals surface area contributed by atoms with Gasteiger partial charge >= 0.3 is 17.9 Å². The van der Waals surface area contributed by atoms with Gasteiger partial charge in [-0.25, -0.2) is 9.59 Å². The summed E-state index contributed by atoms with van der Waals surface area (Å²) in [7, 11) is 0. The van der Waals surface area contributed by atoms with Gasteiger partial charge in [-0.15, -0.1) is 0 Å². The molecule has 0 heterocycles. The van der Waals surface area contributed by atoms with E-state index < -0.39 is 11.9 Å². The molecular weight excluding hydrogens is 821 g/mol. The molecule has 0 aromatic heterocycles. The van der Waals surface area contributed by atoms with Crippen molar-refractivity contribution >= 4 is 30.5 Å². The normalized spacial score (nSPS) is 10.8. The van der Waals surface area contributed by atoms with Crippen LogP contribution >= 0.6 is 12.6 Å². The summed E-state index contributed by atoms with van der Waals surface area (Å²) in [6.07, 6.45) is 1.98. The first kappa shape index (κ1) is 48.7. The number of hydrogen-bond donors (Lipinski definition) is 3. The van der Waals surface area contributed by atoms with E-state index in [1.54, 1.807) is 24.3 Å². The number of carbonyl (C=O) groups is 3. The molecular formula is C55H60O8S. The average Bonchev–Trinajstić information content (AvgIpc) is 3.24. The van der Waals surface area contributed by atoms with Crippen LogP contribution in [0.1, 0.15) is 111 Å². The molecule has 6 aromatic carbocycles. The van der Waals surface area contributed by atoms with E-state index in [1.165, 1.54) is 22.3 Å². The predicted octanol–water partition coefficient (Wildman–Crippen LogP) is 11.9. The summed E-state index contributed by atoms with van der Waals surface area (Å²) in [4.78, 5) is 38.0. The molecule has 0 bridgehead atoms. The number of aromatic hydroxyl groups is 2. The number of phenolic OH excluding ortho intramolecular Hbond substituents is 2. The maximum atomic E-state index is 13.3. The van der Waals surface area contributed by atoms with Crippen LogP contribution in [0.5, 0.6) is 23.0 Å². The number of benzene rings is 6. The highest BCUT2D eigenvalue weighted by atomic mass is 32.1. The van der Waals surface area contributed by atoms with Crippen LogP contribution in [0.4, 0.5) is 0 Å². The lowest BCUT2D eigenvalue weighted by molar-refractivity contribution is -0.142. The third-order valence-corrected chi connectivity index (χ3v) is 11.5. The van der Waals surface area contributed by atoms with Crippen molar-refractivity contribution in [2.45, 2.75) is 94.9 Å².